The summed E-state index contributed by atoms with van der Waals surface area (Å²) in [5.41, 5.74) is 0. The fourth-order valence-electron chi connectivity index (χ4n) is 7.41. The van der Waals surface area contributed by atoms with Gasteiger partial charge in [-0.25, -0.2) is 0 Å². The molecular weight excluding hydrogens is 739 g/mol. The highest BCUT2D eigenvalue weighted by Gasteiger charge is 2.25. The Kier molecular flexibility index (Phi) is 40.9. The van der Waals surface area contributed by atoms with Crippen molar-refractivity contribution in [3.05, 3.63) is 24.3 Å². The predicted octanol–water partition coefficient (Wildman–Crippen LogP) is 12.7. The molecule has 0 radical (unpaired) electrons. The second-order valence-electron chi connectivity index (χ2n) is 18.0. The first-order chi connectivity index (χ1) is 28.6. The van der Waals surface area contributed by atoms with Crippen molar-refractivity contribution >= 4 is 17.9 Å². The number of hydrogen-bond donors (Lipinski definition) is 0. The summed E-state index contributed by atoms with van der Waals surface area (Å²) >= 11 is 0. The number of carboxylic acids is 1. The molecule has 2 unspecified atom stereocenters. The first kappa shape index (κ1) is 56.8. The average Bonchev–Trinajstić information content (AvgIpc) is 3.19. The van der Waals surface area contributed by atoms with Crippen LogP contribution in [0.1, 0.15) is 232 Å². The summed E-state index contributed by atoms with van der Waals surface area (Å²) in [6, 6.07) is -0.727. The van der Waals surface area contributed by atoms with E-state index < -0.39 is 18.1 Å². The maximum atomic E-state index is 12.7. The monoisotopic (exact) mass is 834 g/mol. The van der Waals surface area contributed by atoms with Gasteiger partial charge in [0.2, 0.25) is 0 Å². The van der Waals surface area contributed by atoms with Gasteiger partial charge in [0.15, 0.2) is 6.10 Å². The number of ether oxygens (including phenoxy) is 3. The quantitative estimate of drug-likeness (QED) is 0.0260. The van der Waals surface area contributed by atoms with E-state index in [-0.39, 0.29) is 42.7 Å². The molecule has 0 saturated carbocycles. The number of likely N-dealkylation sites (N-methyl/N-ethyl adjacent to an activating group) is 1. The third kappa shape index (κ3) is 41.0. The lowest BCUT2D eigenvalue weighted by Gasteiger charge is -2.34. The number of hydrogen-bond acceptors (Lipinski definition) is 7. The Labute approximate surface area is 364 Å². The topological polar surface area (TPSA) is 102 Å². The van der Waals surface area contributed by atoms with Crippen LogP contribution in [0.15, 0.2) is 24.3 Å². The molecule has 0 saturated heterocycles. The smallest absolute Gasteiger partial charge is 0.306 e. The average molecular weight is 834 g/mol. The third-order valence-electron chi connectivity index (χ3n) is 11.3. The number of rotatable bonds is 45. The van der Waals surface area contributed by atoms with Gasteiger partial charge in [0, 0.05) is 19.3 Å². The summed E-state index contributed by atoms with van der Waals surface area (Å²) in [6.45, 7) is 4.66. The van der Waals surface area contributed by atoms with Gasteiger partial charge in [-0.05, 0) is 64.2 Å². The van der Waals surface area contributed by atoms with E-state index in [1.807, 2.05) is 0 Å². The van der Waals surface area contributed by atoms with Gasteiger partial charge in [-0.2, -0.15) is 0 Å². The van der Waals surface area contributed by atoms with E-state index in [4.69, 9.17) is 14.2 Å². The Hall–Kier alpha value is -2.19. The number of aliphatic carboxylic acids is 1. The second-order valence-corrected chi connectivity index (χ2v) is 18.0. The van der Waals surface area contributed by atoms with Gasteiger partial charge in [-0.15, -0.1) is 0 Å². The van der Waals surface area contributed by atoms with Crippen molar-refractivity contribution < 1.29 is 38.2 Å². The molecule has 0 amide bonds. The Bertz CT molecular complexity index is 1020. The number of quaternary nitrogens is 1. The minimum atomic E-state index is -1.13. The molecule has 0 aliphatic heterocycles. The Morgan fingerprint density at radius 3 is 1.24 bits per heavy atom. The SMILES string of the molecule is CCCCCCCCC/C=C/CCCCCC(=O)OC(COCCC(C(=O)[O-])[N+](C)(C)C)COC(=O)CCCCCCCCC/C=C/CCCCCCCCCCCC. The fourth-order valence-corrected chi connectivity index (χ4v) is 7.41. The summed E-state index contributed by atoms with van der Waals surface area (Å²) in [4.78, 5) is 36.9. The van der Waals surface area contributed by atoms with E-state index >= 15 is 0 Å². The number of carbonyl (C=O) groups is 3. The maximum absolute atomic E-state index is 12.7. The number of allylic oxidation sites excluding steroid dienone is 4. The van der Waals surface area contributed by atoms with Crippen molar-refractivity contribution in [1.29, 1.82) is 0 Å². The van der Waals surface area contributed by atoms with Crippen molar-refractivity contribution in [3.63, 3.8) is 0 Å². The van der Waals surface area contributed by atoms with Gasteiger partial charge in [0.05, 0.1) is 40.3 Å². The summed E-state index contributed by atoms with van der Waals surface area (Å²) < 4.78 is 17.2. The maximum Gasteiger partial charge on any atom is 0.306 e. The highest BCUT2D eigenvalue weighted by molar-refractivity contribution is 5.70. The number of nitrogens with zero attached hydrogens (tertiary/aromatic N) is 1. The molecule has 0 fully saturated rings. The van der Waals surface area contributed by atoms with Crippen molar-refractivity contribution in [3.8, 4) is 0 Å². The lowest BCUT2D eigenvalue weighted by Crippen LogP contribution is -2.55. The molecule has 0 rings (SSSR count). The van der Waals surface area contributed by atoms with Crippen LogP contribution in [0.4, 0.5) is 0 Å². The summed E-state index contributed by atoms with van der Waals surface area (Å²) in [5.74, 6) is -1.75. The molecule has 346 valence electrons. The van der Waals surface area contributed by atoms with Crippen molar-refractivity contribution in [2.45, 2.75) is 244 Å². The molecule has 0 spiro atoms. The van der Waals surface area contributed by atoms with E-state index in [0.29, 0.717) is 12.8 Å². The highest BCUT2D eigenvalue weighted by atomic mass is 16.6. The Balaban J connectivity index is 4.24. The Morgan fingerprint density at radius 1 is 0.492 bits per heavy atom. The van der Waals surface area contributed by atoms with Crippen LogP contribution in [-0.4, -0.2) is 75.5 Å². The van der Waals surface area contributed by atoms with Crippen LogP contribution in [-0.2, 0) is 28.6 Å². The molecular formula is C51H95NO7. The van der Waals surface area contributed by atoms with E-state index in [0.717, 1.165) is 51.4 Å². The number of esters is 2. The number of unbranched alkanes of at least 4 members (excludes halogenated alkanes) is 27. The van der Waals surface area contributed by atoms with E-state index in [1.165, 1.54) is 148 Å². The molecule has 0 aromatic rings. The number of carbonyl (C=O) groups excluding carboxylic acids is 3. The van der Waals surface area contributed by atoms with Crippen LogP contribution in [0.3, 0.4) is 0 Å². The summed E-state index contributed by atoms with van der Waals surface area (Å²) in [6.07, 6.45) is 47.8. The molecule has 0 bridgehead atoms. The van der Waals surface area contributed by atoms with E-state index in [2.05, 4.69) is 38.2 Å². The number of carboxylic acid groups (broad SMARTS) is 1. The van der Waals surface area contributed by atoms with Gasteiger partial charge in [-0.3, -0.25) is 9.59 Å². The fraction of sp³-hybridized carbons (Fsp3) is 0.863. The van der Waals surface area contributed by atoms with Crippen LogP contribution < -0.4 is 5.11 Å². The van der Waals surface area contributed by atoms with E-state index in [1.54, 1.807) is 21.1 Å². The van der Waals surface area contributed by atoms with Crippen molar-refractivity contribution in [2.24, 2.45) is 0 Å². The zero-order valence-corrected chi connectivity index (χ0v) is 39.4. The Morgan fingerprint density at radius 2 is 0.847 bits per heavy atom. The predicted molar refractivity (Wildman–Crippen MR) is 245 cm³/mol. The van der Waals surface area contributed by atoms with Gasteiger partial charge < -0.3 is 28.6 Å². The first-order valence-corrected chi connectivity index (χ1v) is 24.9. The minimum Gasteiger partial charge on any atom is -0.544 e. The molecule has 59 heavy (non-hydrogen) atoms. The molecule has 2 atom stereocenters. The van der Waals surface area contributed by atoms with Gasteiger partial charge in [0.25, 0.3) is 0 Å². The molecule has 0 heterocycles. The highest BCUT2D eigenvalue weighted by Crippen LogP contribution is 2.15. The summed E-state index contributed by atoms with van der Waals surface area (Å²) in [7, 11) is 5.41. The molecule has 0 aliphatic carbocycles. The van der Waals surface area contributed by atoms with Gasteiger partial charge >= 0.3 is 11.9 Å². The van der Waals surface area contributed by atoms with Crippen LogP contribution in [0.5, 0.6) is 0 Å². The van der Waals surface area contributed by atoms with Gasteiger partial charge in [-0.1, -0.05) is 173 Å². The molecule has 0 aliphatic rings. The third-order valence-corrected chi connectivity index (χ3v) is 11.3. The van der Waals surface area contributed by atoms with Crippen molar-refractivity contribution in [1.82, 2.24) is 0 Å². The molecule has 0 aromatic carbocycles. The molecule has 8 heteroatoms. The van der Waals surface area contributed by atoms with E-state index in [9.17, 15) is 19.5 Å². The van der Waals surface area contributed by atoms with Crippen LogP contribution in [0.2, 0.25) is 0 Å². The zero-order valence-electron chi connectivity index (χ0n) is 39.4. The first-order valence-electron chi connectivity index (χ1n) is 24.9. The standard InChI is InChI=1S/C51H95NO7/c1-6-8-10-12-14-16-18-20-22-23-24-25-26-27-28-30-31-33-35-37-39-41-49(53)58-46-47(45-57-44-43-48(51(55)56)52(3,4)5)59-50(54)42-40-38-36-34-32-29-21-19-17-15-13-11-9-7-2/h25-26,29,32,47-48H,6-24,27-28,30-31,33-46H2,1-5H3/b26-25+,32-29+. The minimum absolute atomic E-state index is 0.0363. The summed E-state index contributed by atoms with van der Waals surface area (Å²) in [5, 5.41) is 11.6. The largest absolute Gasteiger partial charge is 0.544 e. The van der Waals surface area contributed by atoms with Crippen LogP contribution >= 0.6 is 0 Å². The lowest BCUT2D eigenvalue weighted by molar-refractivity contribution is -0.889. The van der Waals surface area contributed by atoms with Crippen molar-refractivity contribution in [2.75, 3.05) is 41.0 Å². The lowest BCUT2D eigenvalue weighted by atomic mass is 10.1. The molecule has 0 aromatic heterocycles. The molecule has 8 nitrogen and oxygen atoms in total. The van der Waals surface area contributed by atoms with Crippen LogP contribution in [0, 0.1) is 0 Å². The van der Waals surface area contributed by atoms with Gasteiger partial charge in [0.1, 0.15) is 12.6 Å². The zero-order chi connectivity index (χ0) is 43.5. The van der Waals surface area contributed by atoms with Crippen LogP contribution in [0.25, 0.3) is 0 Å². The normalized spacial score (nSPS) is 13.0. The molecule has 0 N–H and O–H groups in total. The second kappa shape index (κ2) is 42.5.